The molecule has 3 rings (SSSR count). The van der Waals surface area contributed by atoms with Gasteiger partial charge in [0.2, 0.25) is 5.91 Å². The second kappa shape index (κ2) is 8.80. The van der Waals surface area contributed by atoms with E-state index < -0.39 is 5.82 Å². The van der Waals surface area contributed by atoms with Gasteiger partial charge >= 0.3 is 0 Å². The van der Waals surface area contributed by atoms with Crippen LogP contribution in [0.3, 0.4) is 0 Å². The molecular formula is C20H29FN4O2. The molecule has 1 aromatic rings. The molecule has 0 unspecified atom stereocenters. The molecular weight excluding hydrogens is 347 g/mol. The first-order chi connectivity index (χ1) is 13.0. The standard InChI is InChI=1S/C20H29FN4O2/c1-3-22-8-10-24(11-9-22)19(26)16(2)23-12-14-25(15-13-23)20(27)17-6-4-5-7-18(17)21/h4-7,16H,3,8-15H2,1-2H3/t16-/m1/s1. The molecule has 148 valence electrons. The van der Waals surface area contributed by atoms with Crippen molar-refractivity contribution in [3.8, 4) is 0 Å². The van der Waals surface area contributed by atoms with E-state index in [2.05, 4.69) is 16.7 Å². The highest BCUT2D eigenvalue weighted by atomic mass is 19.1. The topological polar surface area (TPSA) is 47.1 Å². The average molecular weight is 376 g/mol. The number of hydrogen-bond acceptors (Lipinski definition) is 4. The van der Waals surface area contributed by atoms with Gasteiger partial charge in [0, 0.05) is 52.4 Å². The van der Waals surface area contributed by atoms with Crippen molar-refractivity contribution in [3.63, 3.8) is 0 Å². The molecule has 2 amide bonds. The van der Waals surface area contributed by atoms with Gasteiger partial charge in [0.1, 0.15) is 5.82 Å². The Kier molecular flexibility index (Phi) is 6.44. The van der Waals surface area contributed by atoms with E-state index in [0.717, 1.165) is 32.7 Å². The van der Waals surface area contributed by atoms with E-state index in [1.54, 1.807) is 17.0 Å². The molecule has 6 nitrogen and oxygen atoms in total. The quantitative estimate of drug-likeness (QED) is 0.791. The zero-order valence-corrected chi connectivity index (χ0v) is 16.2. The molecule has 0 aromatic heterocycles. The lowest BCUT2D eigenvalue weighted by molar-refractivity contribution is -0.138. The van der Waals surface area contributed by atoms with Gasteiger partial charge in [-0.25, -0.2) is 4.39 Å². The number of benzene rings is 1. The maximum Gasteiger partial charge on any atom is 0.256 e. The van der Waals surface area contributed by atoms with Gasteiger partial charge in [-0.2, -0.15) is 0 Å². The van der Waals surface area contributed by atoms with Crippen LogP contribution in [0.5, 0.6) is 0 Å². The van der Waals surface area contributed by atoms with Crippen molar-refractivity contribution >= 4 is 11.8 Å². The van der Waals surface area contributed by atoms with Crippen molar-refractivity contribution in [1.29, 1.82) is 0 Å². The highest BCUT2D eigenvalue weighted by Crippen LogP contribution is 2.15. The number of rotatable bonds is 4. The summed E-state index contributed by atoms with van der Waals surface area (Å²) in [4.78, 5) is 33.4. The number of likely N-dealkylation sites (N-methyl/N-ethyl adjacent to an activating group) is 1. The Hall–Kier alpha value is -1.99. The van der Waals surface area contributed by atoms with Crippen LogP contribution in [0.15, 0.2) is 24.3 Å². The van der Waals surface area contributed by atoms with Gasteiger partial charge in [0.15, 0.2) is 0 Å². The number of carbonyl (C=O) groups is 2. The molecule has 7 heteroatoms. The summed E-state index contributed by atoms with van der Waals surface area (Å²) in [5, 5.41) is 0. The van der Waals surface area contributed by atoms with Gasteiger partial charge in [-0.15, -0.1) is 0 Å². The SMILES string of the molecule is CCN1CCN(C(=O)[C@@H](C)N2CCN(C(=O)c3ccccc3F)CC2)CC1. The molecule has 0 spiro atoms. The summed E-state index contributed by atoms with van der Waals surface area (Å²) < 4.78 is 13.9. The molecule has 0 saturated carbocycles. The molecule has 2 fully saturated rings. The summed E-state index contributed by atoms with van der Waals surface area (Å²) in [6, 6.07) is 5.89. The van der Waals surface area contributed by atoms with Crippen LogP contribution in [0.4, 0.5) is 4.39 Å². The lowest BCUT2D eigenvalue weighted by Gasteiger charge is -2.41. The number of nitrogens with zero attached hydrogens (tertiary/aromatic N) is 4. The zero-order chi connectivity index (χ0) is 19.4. The second-order valence-electron chi connectivity index (χ2n) is 7.24. The van der Waals surface area contributed by atoms with E-state index in [-0.39, 0.29) is 23.4 Å². The fourth-order valence-corrected chi connectivity index (χ4v) is 3.82. The molecule has 27 heavy (non-hydrogen) atoms. The normalized spacial score (nSPS) is 20.6. The number of carbonyl (C=O) groups excluding carboxylic acids is 2. The number of hydrogen-bond donors (Lipinski definition) is 0. The Morgan fingerprint density at radius 3 is 2.15 bits per heavy atom. The van der Waals surface area contributed by atoms with Gasteiger partial charge in [-0.3, -0.25) is 14.5 Å². The minimum Gasteiger partial charge on any atom is -0.339 e. The third-order valence-corrected chi connectivity index (χ3v) is 5.74. The smallest absolute Gasteiger partial charge is 0.256 e. The summed E-state index contributed by atoms with van der Waals surface area (Å²) >= 11 is 0. The molecule has 1 aromatic carbocycles. The van der Waals surface area contributed by atoms with E-state index >= 15 is 0 Å². The average Bonchev–Trinajstić information content (AvgIpc) is 2.73. The summed E-state index contributed by atoms with van der Waals surface area (Å²) in [5.74, 6) is -0.596. The molecule has 2 heterocycles. The molecule has 2 aliphatic heterocycles. The molecule has 0 N–H and O–H groups in total. The Morgan fingerprint density at radius 1 is 0.963 bits per heavy atom. The monoisotopic (exact) mass is 376 g/mol. The third kappa shape index (κ3) is 4.47. The van der Waals surface area contributed by atoms with Crippen molar-refractivity contribution in [2.24, 2.45) is 0 Å². The lowest BCUT2D eigenvalue weighted by Crippen LogP contribution is -2.58. The van der Waals surface area contributed by atoms with Crippen LogP contribution in [-0.4, -0.2) is 96.4 Å². The van der Waals surface area contributed by atoms with Gasteiger partial charge in [-0.05, 0) is 25.6 Å². The summed E-state index contributed by atoms with van der Waals surface area (Å²) in [6.07, 6.45) is 0. The van der Waals surface area contributed by atoms with Gasteiger partial charge in [0.25, 0.3) is 5.91 Å². The van der Waals surface area contributed by atoms with Crippen molar-refractivity contribution in [2.45, 2.75) is 19.9 Å². The first kappa shape index (κ1) is 19.8. The van der Waals surface area contributed by atoms with Gasteiger partial charge < -0.3 is 14.7 Å². The predicted molar refractivity (Wildman–Crippen MR) is 102 cm³/mol. The third-order valence-electron chi connectivity index (χ3n) is 5.74. The lowest BCUT2D eigenvalue weighted by atomic mass is 10.1. The first-order valence-electron chi connectivity index (χ1n) is 9.80. The van der Waals surface area contributed by atoms with Crippen LogP contribution in [0.25, 0.3) is 0 Å². The largest absolute Gasteiger partial charge is 0.339 e. The van der Waals surface area contributed by atoms with E-state index in [0.29, 0.717) is 26.2 Å². The van der Waals surface area contributed by atoms with Crippen molar-refractivity contribution in [1.82, 2.24) is 19.6 Å². The van der Waals surface area contributed by atoms with Gasteiger partial charge in [-0.1, -0.05) is 19.1 Å². The fourth-order valence-electron chi connectivity index (χ4n) is 3.82. The zero-order valence-electron chi connectivity index (χ0n) is 16.2. The Labute approximate surface area is 160 Å². The van der Waals surface area contributed by atoms with E-state index in [9.17, 15) is 14.0 Å². The molecule has 0 bridgehead atoms. The minimum atomic E-state index is -0.486. The van der Waals surface area contributed by atoms with Crippen LogP contribution >= 0.6 is 0 Å². The summed E-state index contributed by atoms with van der Waals surface area (Å²) in [6.45, 7) is 10.8. The summed E-state index contributed by atoms with van der Waals surface area (Å²) in [5.41, 5.74) is 0.115. The fraction of sp³-hybridized carbons (Fsp3) is 0.600. The number of amides is 2. The van der Waals surface area contributed by atoms with Crippen LogP contribution in [0, 0.1) is 5.82 Å². The highest BCUT2D eigenvalue weighted by Gasteiger charge is 2.31. The minimum absolute atomic E-state index is 0.115. The van der Waals surface area contributed by atoms with Gasteiger partial charge in [0.05, 0.1) is 11.6 Å². The summed E-state index contributed by atoms with van der Waals surface area (Å²) in [7, 11) is 0. The van der Waals surface area contributed by atoms with E-state index in [1.165, 1.54) is 12.1 Å². The molecule has 2 saturated heterocycles. The number of piperazine rings is 2. The van der Waals surface area contributed by atoms with Crippen LogP contribution in [0.2, 0.25) is 0 Å². The molecule has 1 atom stereocenters. The van der Waals surface area contributed by atoms with Crippen molar-refractivity contribution in [2.75, 3.05) is 58.9 Å². The maximum absolute atomic E-state index is 13.9. The predicted octanol–water partition coefficient (Wildman–Crippen LogP) is 1.14. The Bertz CT molecular complexity index is 668. The Morgan fingerprint density at radius 2 is 1.56 bits per heavy atom. The van der Waals surface area contributed by atoms with Crippen LogP contribution in [-0.2, 0) is 4.79 Å². The van der Waals surface area contributed by atoms with E-state index in [4.69, 9.17) is 0 Å². The van der Waals surface area contributed by atoms with Crippen LogP contribution < -0.4 is 0 Å². The highest BCUT2D eigenvalue weighted by molar-refractivity contribution is 5.94. The first-order valence-corrected chi connectivity index (χ1v) is 9.80. The van der Waals surface area contributed by atoms with Crippen LogP contribution in [0.1, 0.15) is 24.2 Å². The Balaban J connectivity index is 1.52. The van der Waals surface area contributed by atoms with Crippen molar-refractivity contribution < 1.29 is 14.0 Å². The molecule has 0 aliphatic carbocycles. The molecule has 2 aliphatic rings. The van der Waals surface area contributed by atoms with Crippen molar-refractivity contribution in [3.05, 3.63) is 35.6 Å². The maximum atomic E-state index is 13.9. The second-order valence-corrected chi connectivity index (χ2v) is 7.24. The number of halogens is 1. The van der Waals surface area contributed by atoms with E-state index in [1.807, 2.05) is 11.8 Å². The molecule has 0 radical (unpaired) electrons.